The van der Waals surface area contributed by atoms with Crippen molar-refractivity contribution in [2.75, 3.05) is 11.4 Å². The van der Waals surface area contributed by atoms with Crippen molar-refractivity contribution >= 4 is 22.7 Å². The maximum atomic E-state index is 12.8. The standard InChI is InChI=1S/C20H19F3N2O2/c1-4-25(19(26)20(21,22)23)15-9-10-17-16(11-15)24-18(27-17)14-7-5-13(6-8-14)12(2)3/h5-12H,4H2,1-3H3. The van der Waals surface area contributed by atoms with Crippen molar-refractivity contribution in [3.8, 4) is 11.5 Å². The lowest BCUT2D eigenvalue weighted by molar-refractivity contribution is -0.170. The first-order valence-corrected chi connectivity index (χ1v) is 8.60. The fraction of sp³-hybridized carbons (Fsp3) is 0.300. The summed E-state index contributed by atoms with van der Waals surface area (Å²) in [7, 11) is 0. The second-order valence-electron chi connectivity index (χ2n) is 6.49. The molecule has 0 spiro atoms. The van der Waals surface area contributed by atoms with Crippen LogP contribution in [0.1, 0.15) is 32.3 Å². The molecule has 0 aliphatic heterocycles. The number of amides is 1. The molecular weight excluding hydrogens is 357 g/mol. The van der Waals surface area contributed by atoms with Gasteiger partial charge in [0.1, 0.15) is 5.52 Å². The van der Waals surface area contributed by atoms with E-state index >= 15 is 0 Å². The van der Waals surface area contributed by atoms with Crippen molar-refractivity contribution in [2.45, 2.75) is 32.9 Å². The molecule has 0 unspecified atom stereocenters. The molecule has 2 aromatic carbocycles. The zero-order valence-corrected chi connectivity index (χ0v) is 15.2. The lowest BCUT2D eigenvalue weighted by Gasteiger charge is -2.21. The number of hydrogen-bond acceptors (Lipinski definition) is 3. The molecule has 3 rings (SSSR count). The van der Waals surface area contributed by atoms with Gasteiger partial charge in [-0.2, -0.15) is 13.2 Å². The van der Waals surface area contributed by atoms with E-state index in [0.717, 1.165) is 5.56 Å². The number of fused-ring (bicyclic) bond motifs is 1. The quantitative estimate of drug-likeness (QED) is 0.601. The highest BCUT2D eigenvalue weighted by molar-refractivity contribution is 5.98. The Bertz CT molecular complexity index is 960. The smallest absolute Gasteiger partial charge is 0.436 e. The topological polar surface area (TPSA) is 46.3 Å². The zero-order chi connectivity index (χ0) is 19.8. The third-order valence-electron chi connectivity index (χ3n) is 4.31. The van der Waals surface area contributed by atoms with Crippen LogP contribution in [0.25, 0.3) is 22.6 Å². The van der Waals surface area contributed by atoms with E-state index in [1.54, 1.807) is 0 Å². The minimum absolute atomic E-state index is 0.106. The first-order chi connectivity index (χ1) is 12.7. The Morgan fingerprint density at radius 3 is 2.37 bits per heavy atom. The summed E-state index contributed by atoms with van der Waals surface area (Å²) in [5.41, 5.74) is 2.92. The van der Waals surface area contributed by atoms with Gasteiger partial charge in [0.05, 0.1) is 0 Å². The summed E-state index contributed by atoms with van der Waals surface area (Å²) in [5.74, 6) is -1.13. The highest BCUT2D eigenvalue weighted by Gasteiger charge is 2.42. The van der Waals surface area contributed by atoms with Gasteiger partial charge in [0.25, 0.3) is 0 Å². The van der Waals surface area contributed by atoms with Gasteiger partial charge in [-0.05, 0) is 48.7 Å². The lowest BCUT2D eigenvalue weighted by atomic mass is 10.0. The molecule has 0 aliphatic carbocycles. The van der Waals surface area contributed by atoms with E-state index in [9.17, 15) is 18.0 Å². The van der Waals surface area contributed by atoms with E-state index in [1.165, 1.54) is 30.7 Å². The van der Waals surface area contributed by atoms with Crippen LogP contribution in [0, 0.1) is 0 Å². The molecule has 0 aliphatic rings. The monoisotopic (exact) mass is 376 g/mol. The van der Waals surface area contributed by atoms with Gasteiger partial charge in [-0.1, -0.05) is 26.0 Å². The Morgan fingerprint density at radius 2 is 1.81 bits per heavy atom. The van der Waals surface area contributed by atoms with Gasteiger partial charge in [-0.15, -0.1) is 0 Å². The second-order valence-corrected chi connectivity index (χ2v) is 6.49. The number of halogens is 3. The van der Waals surface area contributed by atoms with Gasteiger partial charge >= 0.3 is 12.1 Å². The van der Waals surface area contributed by atoms with Crippen LogP contribution in [-0.4, -0.2) is 23.6 Å². The Morgan fingerprint density at radius 1 is 1.15 bits per heavy atom. The van der Waals surface area contributed by atoms with Gasteiger partial charge < -0.3 is 9.32 Å². The molecule has 27 heavy (non-hydrogen) atoms. The Balaban J connectivity index is 1.96. The summed E-state index contributed by atoms with van der Waals surface area (Å²) < 4.78 is 44.0. The van der Waals surface area contributed by atoms with Gasteiger partial charge in [0.15, 0.2) is 5.58 Å². The normalized spacial score (nSPS) is 12.0. The maximum absolute atomic E-state index is 12.8. The number of carbonyl (C=O) groups is 1. The molecule has 1 amide bonds. The molecule has 0 saturated carbocycles. The Labute approximate surface area is 154 Å². The molecule has 0 atom stereocenters. The van der Waals surface area contributed by atoms with Crippen LogP contribution < -0.4 is 4.90 Å². The first kappa shape index (κ1) is 18.9. The van der Waals surface area contributed by atoms with Crippen LogP contribution >= 0.6 is 0 Å². The van der Waals surface area contributed by atoms with Crippen molar-refractivity contribution in [2.24, 2.45) is 0 Å². The summed E-state index contributed by atoms with van der Waals surface area (Å²) in [4.78, 5) is 16.6. The predicted molar refractivity (Wildman–Crippen MR) is 97.6 cm³/mol. The molecule has 0 radical (unpaired) electrons. The van der Waals surface area contributed by atoms with Gasteiger partial charge in [-0.3, -0.25) is 4.79 Å². The first-order valence-electron chi connectivity index (χ1n) is 8.60. The van der Waals surface area contributed by atoms with Crippen molar-refractivity contribution in [1.82, 2.24) is 4.98 Å². The number of anilines is 1. The molecule has 0 N–H and O–H groups in total. The SMILES string of the molecule is CCN(C(=O)C(F)(F)F)c1ccc2oc(-c3ccc(C(C)C)cc3)nc2c1. The Kier molecular flexibility index (Phi) is 4.95. The highest BCUT2D eigenvalue weighted by Crippen LogP contribution is 2.30. The van der Waals surface area contributed by atoms with E-state index in [0.29, 0.717) is 27.8 Å². The number of rotatable bonds is 4. The van der Waals surface area contributed by atoms with Gasteiger partial charge in [0, 0.05) is 17.8 Å². The molecular formula is C20H19F3N2O2. The van der Waals surface area contributed by atoms with E-state index in [-0.39, 0.29) is 12.2 Å². The van der Waals surface area contributed by atoms with E-state index in [4.69, 9.17) is 4.42 Å². The molecule has 4 nitrogen and oxygen atoms in total. The molecule has 7 heteroatoms. The van der Waals surface area contributed by atoms with Crippen LogP contribution in [0.5, 0.6) is 0 Å². The number of alkyl halides is 3. The van der Waals surface area contributed by atoms with E-state index in [2.05, 4.69) is 18.8 Å². The van der Waals surface area contributed by atoms with Crippen LogP contribution in [0.2, 0.25) is 0 Å². The number of oxazole rings is 1. The van der Waals surface area contributed by atoms with Gasteiger partial charge in [0.2, 0.25) is 5.89 Å². The number of benzene rings is 2. The third-order valence-corrected chi connectivity index (χ3v) is 4.31. The largest absolute Gasteiger partial charge is 0.471 e. The molecule has 0 saturated heterocycles. The third kappa shape index (κ3) is 3.82. The second kappa shape index (κ2) is 7.06. The Hall–Kier alpha value is -2.83. The summed E-state index contributed by atoms with van der Waals surface area (Å²) in [6, 6.07) is 12.1. The van der Waals surface area contributed by atoms with E-state index < -0.39 is 12.1 Å². The average Bonchev–Trinajstić information content (AvgIpc) is 3.05. The number of carbonyl (C=O) groups excluding carboxylic acids is 1. The van der Waals surface area contributed by atoms with Crippen molar-refractivity contribution in [1.29, 1.82) is 0 Å². The summed E-state index contributed by atoms with van der Waals surface area (Å²) >= 11 is 0. The highest BCUT2D eigenvalue weighted by atomic mass is 19.4. The minimum Gasteiger partial charge on any atom is -0.436 e. The molecule has 3 aromatic rings. The summed E-state index contributed by atoms with van der Waals surface area (Å²) in [5, 5.41) is 0. The van der Waals surface area contributed by atoms with Crippen LogP contribution in [0.15, 0.2) is 46.9 Å². The van der Waals surface area contributed by atoms with Crippen molar-refractivity contribution in [3.05, 3.63) is 48.0 Å². The summed E-state index contributed by atoms with van der Waals surface area (Å²) in [6.45, 7) is 5.57. The van der Waals surface area contributed by atoms with Crippen LogP contribution in [0.4, 0.5) is 18.9 Å². The van der Waals surface area contributed by atoms with Crippen LogP contribution in [-0.2, 0) is 4.79 Å². The molecule has 1 aromatic heterocycles. The minimum atomic E-state index is -4.93. The molecule has 0 bridgehead atoms. The number of aromatic nitrogens is 1. The van der Waals surface area contributed by atoms with Crippen molar-refractivity contribution < 1.29 is 22.4 Å². The lowest BCUT2D eigenvalue weighted by Crippen LogP contribution is -2.41. The molecule has 1 heterocycles. The van der Waals surface area contributed by atoms with Crippen LogP contribution in [0.3, 0.4) is 0 Å². The summed E-state index contributed by atoms with van der Waals surface area (Å²) in [6.07, 6.45) is -4.93. The molecule has 142 valence electrons. The zero-order valence-electron chi connectivity index (χ0n) is 15.2. The number of hydrogen-bond donors (Lipinski definition) is 0. The van der Waals surface area contributed by atoms with E-state index in [1.807, 2.05) is 24.3 Å². The maximum Gasteiger partial charge on any atom is 0.471 e. The molecule has 0 fully saturated rings. The van der Waals surface area contributed by atoms with Gasteiger partial charge in [-0.25, -0.2) is 4.98 Å². The fourth-order valence-electron chi connectivity index (χ4n) is 2.81. The number of nitrogens with zero attached hydrogens (tertiary/aromatic N) is 2. The predicted octanol–water partition coefficient (Wildman–Crippen LogP) is 5.53. The van der Waals surface area contributed by atoms with Crippen molar-refractivity contribution in [3.63, 3.8) is 0 Å². The average molecular weight is 376 g/mol. The fourth-order valence-corrected chi connectivity index (χ4v) is 2.81.